The third-order valence-corrected chi connectivity index (χ3v) is 4.20. The number of rotatable bonds is 11. The first-order chi connectivity index (χ1) is 12.8. The molecule has 27 heavy (non-hydrogen) atoms. The van der Waals surface area contributed by atoms with E-state index in [9.17, 15) is 19.0 Å². The average Bonchev–Trinajstić information content (AvgIpc) is 2.62. The maximum atomic E-state index is 11.6. The lowest BCUT2D eigenvalue weighted by atomic mass is 10.2. The van der Waals surface area contributed by atoms with E-state index in [1.54, 1.807) is 6.92 Å². The number of ether oxygens (including phenoxy) is 1. The molecule has 0 aromatic heterocycles. The van der Waals surface area contributed by atoms with Gasteiger partial charge < -0.3 is 20.3 Å². The zero-order valence-corrected chi connectivity index (χ0v) is 16.2. The van der Waals surface area contributed by atoms with Crippen LogP contribution in [-0.2, 0) is 29.8 Å². The lowest BCUT2D eigenvalue weighted by Crippen LogP contribution is -2.34. The van der Waals surface area contributed by atoms with Crippen LogP contribution in [0.25, 0.3) is 0 Å². The highest BCUT2D eigenvalue weighted by molar-refractivity contribution is 7.47. The molecule has 0 radical (unpaired) electrons. The van der Waals surface area contributed by atoms with E-state index in [0.29, 0.717) is 0 Å². The Morgan fingerprint density at radius 2 is 1.89 bits per heavy atom. The van der Waals surface area contributed by atoms with Crippen LogP contribution < -0.4 is 10.6 Å². The van der Waals surface area contributed by atoms with Crippen LogP contribution >= 0.6 is 7.82 Å². The second-order valence-corrected chi connectivity index (χ2v) is 6.74. The number of carbonyl (C=O) groups is 2. The predicted molar refractivity (Wildman–Crippen MR) is 98.8 cm³/mol. The minimum Gasteiger partial charge on any atom is -0.445 e. The first kappa shape index (κ1) is 22.9. The smallest absolute Gasteiger partial charge is 0.445 e. The van der Waals surface area contributed by atoms with Gasteiger partial charge in [0, 0.05) is 19.2 Å². The molecule has 150 valence electrons. The summed E-state index contributed by atoms with van der Waals surface area (Å²) in [6.45, 7) is 3.63. The third-order valence-electron chi connectivity index (χ3n) is 3.02. The molecular formula is C17H25N2O7P. The van der Waals surface area contributed by atoms with Crippen molar-refractivity contribution in [1.29, 1.82) is 0 Å². The summed E-state index contributed by atoms with van der Waals surface area (Å²) in [4.78, 5) is 32.5. The molecule has 0 fully saturated rings. The third kappa shape index (κ3) is 11.2. The second-order valence-electron chi connectivity index (χ2n) is 5.34. The van der Waals surface area contributed by atoms with E-state index in [2.05, 4.69) is 15.2 Å². The Bertz CT molecular complexity index is 667. The van der Waals surface area contributed by atoms with Crippen molar-refractivity contribution in [2.75, 3.05) is 19.7 Å². The summed E-state index contributed by atoms with van der Waals surface area (Å²) in [5, 5.41) is 5.05. The van der Waals surface area contributed by atoms with Crippen LogP contribution in [0.1, 0.15) is 19.4 Å². The summed E-state index contributed by atoms with van der Waals surface area (Å²) in [5.41, 5.74) is 0.874. The summed E-state index contributed by atoms with van der Waals surface area (Å²) >= 11 is 0. The molecule has 3 N–H and O–H groups in total. The molecule has 0 saturated carbocycles. The van der Waals surface area contributed by atoms with Gasteiger partial charge in [-0.05, 0) is 19.4 Å². The van der Waals surface area contributed by atoms with Gasteiger partial charge in [0.1, 0.15) is 6.61 Å². The van der Waals surface area contributed by atoms with Gasteiger partial charge in [-0.1, -0.05) is 36.4 Å². The maximum Gasteiger partial charge on any atom is 0.472 e. The highest BCUT2D eigenvalue weighted by Crippen LogP contribution is 2.44. The summed E-state index contributed by atoms with van der Waals surface area (Å²) in [5.74, 6) is -0.436. The van der Waals surface area contributed by atoms with E-state index in [1.807, 2.05) is 30.3 Å². The molecule has 1 aromatic carbocycles. The normalized spacial score (nSPS) is 14.3. The summed E-state index contributed by atoms with van der Waals surface area (Å²) in [7, 11) is -4.12. The van der Waals surface area contributed by atoms with Gasteiger partial charge in [0.25, 0.3) is 0 Å². The van der Waals surface area contributed by atoms with E-state index in [4.69, 9.17) is 9.26 Å². The molecule has 0 aliphatic carbocycles. The fourth-order valence-electron chi connectivity index (χ4n) is 1.85. The molecule has 0 saturated heterocycles. The quantitative estimate of drug-likeness (QED) is 0.295. The van der Waals surface area contributed by atoms with Crippen molar-refractivity contribution in [1.82, 2.24) is 10.6 Å². The molecule has 10 heteroatoms. The topological polar surface area (TPSA) is 123 Å². The largest absolute Gasteiger partial charge is 0.472 e. The number of hydrogen-bond donors (Lipinski definition) is 3. The number of phosphoric ester groups is 1. The van der Waals surface area contributed by atoms with Crippen molar-refractivity contribution in [2.45, 2.75) is 26.6 Å². The predicted octanol–water partition coefficient (Wildman–Crippen LogP) is 2.13. The number of benzene rings is 1. The van der Waals surface area contributed by atoms with Gasteiger partial charge in [0.15, 0.2) is 0 Å². The summed E-state index contributed by atoms with van der Waals surface area (Å²) in [6.07, 6.45) is 1.12. The van der Waals surface area contributed by atoms with Crippen LogP contribution in [0.4, 0.5) is 4.79 Å². The summed E-state index contributed by atoms with van der Waals surface area (Å²) in [6, 6.07) is 9.25. The first-order valence-corrected chi connectivity index (χ1v) is 9.88. The van der Waals surface area contributed by atoms with E-state index in [-0.39, 0.29) is 26.3 Å². The minimum atomic E-state index is -4.12. The Hall–Kier alpha value is -2.19. The van der Waals surface area contributed by atoms with Crippen LogP contribution in [-0.4, -0.2) is 42.7 Å². The van der Waals surface area contributed by atoms with E-state index >= 15 is 0 Å². The van der Waals surface area contributed by atoms with Crippen LogP contribution in [0.3, 0.4) is 0 Å². The van der Waals surface area contributed by atoms with Gasteiger partial charge in [-0.25, -0.2) is 9.36 Å². The zero-order valence-electron chi connectivity index (χ0n) is 15.3. The van der Waals surface area contributed by atoms with Gasteiger partial charge in [0.05, 0.1) is 12.7 Å². The second kappa shape index (κ2) is 12.2. The molecule has 0 spiro atoms. The lowest BCUT2D eigenvalue weighted by molar-refractivity contribution is -0.116. The molecule has 0 aliphatic rings. The van der Waals surface area contributed by atoms with Crippen LogP contribution in [0.2, 0.25) is 0 Å². The Labute approximate surface area is 158 Å². The number of amides is 2. The highest BCUT2D eigenvalue weighted by Gasteiger charge is 2.22. The fourth-order valence-corrected chi connectivity index (χ4v) is 2.72. The Balaban J connectivity index is 2.17. The van der Waals surface area contributed by atoms with E-state index in [0.717, 1.165) is 5.56 Å². The Morgan fingerprint density at radius 1 is 1.22 bits per heavy atom. The molecule has 9 nitrogen and oxygen atoms in total. The van der Waals surface area contributed by atoms with Crippen molar-refractivity contribution < 1.29 is 32.8 Å². The summed E-state index contributed by atoms with van der Waals surface area (Å²) < 4.78 is 25.8. The lowest BCUT2D eigenvalue weighted by Gasteiger charge is -2.13. The van der Waals surface area contributed by atoms with E-state index < -0.39 is 25.9 Å². The Morgan fingerprint density at radius 3 is 2.56 bits per heavy atom. The molecule has 0 aliphatic heterocycles. The first-order valence-electron chi connectivity index (χ1n) is 8.38. The highest BCUT2D eigenvalue weighted by atomic mass is 31.2. The van der Waals surface area contributed by atoms with Crippen molar-refractivity contribution in [3.8, 4) is 0 Å². The van der Waals surface area contributed by atoms with Gasteiger partial charge in [-0.15, -0.1) is 0 Å². The van der Waals surface area contributed by atoms with Crippen LogP contribution in [0.5, 0.6) is 0 Å². The monoisotopic (exact) mass is 400 g/mol. The maximum absolute atomic E-state index is 11.6. The fraction of sp³-hybridized carbons (Fsp3) is 0.412. The zero-order chi connectivity index (χ0) is 20.1. The average molecular weight is 400 g/mol. The van der Waals surface area contributed by atoms with Gasteiger partial charge in [0.2, 0.25) is 5.91 Å². The standard InChI is InChI=1S/C17H25N2O7P/c1-3-25-27(22,23)26-14(2)9-10-16(20)18-11-12-19-17(21)24-13-15-7-5-4-6-8-15/h4-10,14H,3,11-13H2,1-2H3,(H,18,20)(H,19,21)(H,22,23)/b10-9+/t14-/m1/s1. The molecule has 2 amide bonds. The minimum absolute atomic E-state index is 0.0332. The number of hydrogen-bond acceptors (Lipinski definition) is 6. The van der Waals surface area contributed by atoms with Crippen LogP contribution in [0, 0.1) is 0 Å². The van der Waals surface area contributed by atoms with Crippen molar-refractivity contribution >= 4 is 19.8 Å². The molecular weight excluding hydrogens is 375 g/mol. The molecule has 0 bridgehead atoms. The van der Waals surface area contributed by atoms with Crippen molar-refractivity contribution in [3.05, 3.63) is 48.0 Å². The molecule has 1 rings (SSSR count). The number of phosphoric acid groups is 1. The van der Waals surface area contributed by atoms with Gasteiger partial charge in [-0.3, -0.25) is 13.8 Å². The number of carbonyl (C=O) groups excluding carboxylic acids is 2. The molecule has 1 aromatic rings. The van der Waals surface area contributed by atoms with Gasteiger partial charge >= 0.3 is 13.9 Å². The molecule has 1 unspecified atom stereocenters. The molecule has 2 atom stereocenters. The van der Waals surface area contributed by atoms with Crippen molar-refractivity contribution in [3.63, 3.8) is 0 Å². The van der Waals surface area contributed by atoms with Crippen LogP contribution in [0.15, 0.2) is 42.5 Å². The molecule has 0 heterocycles. The van der Waals surface area contributed by atoms with E-state index in [1.165, 1.54) is 19.1 Å². The SMILES string of the molecule is CCOP(=O)(O)O[C@H](C)/C=C/C(=O)NCCNC(=O)OCc1ccccc1. The number of alkyl carbamates (subject to hydrolysis) is 1. The van der Waals surface area contributed by atoms with Crippen molar-refractivity contribution in [2.24, 2.45) is 0 Å². The van der Waals surface area contributed by atoms with Gasteiger partial charge in [-0.2, -0.15) is 0 Å². The Kier molecular flexibility index (Phi) is 10.4. The number of nitrogens with one attached hydrogen (secondary N) is 2.